The van der Waals surface area contributed by atoms with Gasteiger partial charge in [-0.05, 0) is 12.8 Å². The van der Waals surface area contributed by atoms with Crippen LogP contribution in [0.25, 0.3) is 0 Å². The molecule has 2 aliphatic rings. The molecule has 2 fully saturated rings. The van der Waals surface area contributed by atoms with E-state index in [1.165, 1.54) is 7.11 Å². The van der Waals surface area contributed by atoms with Crippen molar-refractivity contribution in [2.75, 3.05) is 13.7 Å². The van der Waals surface area contributed by atoms with Crippen LogP contribution in [0.1, 0.15) is 25.7 Å². The van der Waals surface area contributed by atoms with E-state index in [9.17, 15) is 14.4 Å². The van der Waals surface area contributed by atoms with Crippen molar-refractivity contribution in [3.05, 3.63) is 12.7 Å². The summed E-state index contributed by atoms with van der Waals surface area (Å²) in [6.07, 6.45) is 1.26. The summed E-state index contributed by atoms with van der Waals surface area (Å²) in [5, 5.41) is 0. The summed E-state index contributed by atoms with van der Waals surface area (Å²) in [7, 11) is 1.52. The van der Waals surface area contributed by atoms with Crippen molar-refractivity contribution in [1.82, 2.24) is 0 Å². The SMILES string of the molecule is C=CC(=O)OCCCC(=O)OC1C(OC)CC2CC1OC2=O. The largest absolute Gasteiger partial charge is 0.463 e. The molecule has 4 atom stereocenters. The Morgan fingerprint density at radius 1 is 1.41 bits per heavy atom. The van der Waals surface area contributed by atoms with E-state index in [0.29, 0.717) is 19.3 Å². The van der Waals surface area contributed by atoms with Gasteiger partial charge in [-0.3, -0.25) is 9.59 Å². The zero-order valence-corrected chi connectivity index (χ0v) is 12.5. The third-order valence-corrected chi connectivity index (χ3v) is 3.87. The molecular formula is C15H20O7. The highest BCUT2D eigenvalue weighted by Crippen LogP contribution is 2.37. The fraction of sp³-hybridized carbons (Fsp3) is 0.667. The Hall–Kier alpha value is -1.89. The first-order chi connectivity index (χ1) is 10.5. The summed E-state index contributed by atoms with van der Waals surface area (Å²) in [6, 6.07) is 0. The number of esters is 3. The van der Waals surface area contributed by atoms with Crippen LogP contribution in [0.4, 0.5) is 0 Å². The lowest BCUT2D eigenvalue weighted by Gasteiger charge is -2.32. The van der Waals surface area contributed by atoms with Gasteiger partial charge in [-0.2, -0.15) is 0 Å². The van der Waals surface area contributed by atoms with Crippen LogP contribution < -0.4 is 0 Å². The third kappa shape index (κ3) is 3.85. The highest BCUT2D eigenvalue weighted by atomic mass is 16.6. The average Bonchev–Trinajstić information content (AvgIpc) is 2.82. The van der Waals surface area contributed by atoms with Crippen LogP contribution >= 0.6 is 0 Å². The number of carbonyl (C=O) groups is 3. The van der Waals surface area contributed by atoms with Gasteiger partial charge in [-0.25, -0.2) is 4.79 Å². The molecule has 2 bridgehead atoms. The van der Waals surface area contributed by atoms with Gasteiger partial charge in [0.25, 0.3) is 0 Å². The Balaban J connectivity index is 1.78. The topological polar surface area (TPSA) is 88.1 Å². The fourth-order valence-electron chi connectivity index (χ4n) is 2.76. The van der Waals surface area contributed by atoms with E-state index >= 15 is 0 Å². The third-order valence-electron chi connectivity index (χ3n) is 3.87. The number of carbonyl (C=O) groups excluding carboxylic acids is 3. The Kier molecular flexibility index (Phi) is 5.54. The summed E-state index contributed by atoms with van der Waals surface area (Å²) < 4.78 is 20.7. The summed E-state index contributed by atoms with van der Waals surface area (Å²) in [6.45, 7) is 3.40. The van der Waals surface area contributed by atoms with E-state index in [0.717, 1.165) is 6.08 Å². The number of hydrogen-bond acceptors (Lipinski definition) is 7. The van der Waals surface area contributed by atoms with Crippen molar-refractivity contribution in [3.63, 3.8) is 0 Å². The second-order valence-corrected chi connectivity index (χ2v) is 5.35. The smallest absolute Gasteiger partial charge is 0.330 e. The van der Waals surface area contributed by atoms with Gasteiger partial charge >= 0.3 is 17.9 Å². The molecule has 0 aromatic carbocycles. The second kappa shape index (κ2) is 7.40. The molecule has 0 radical (unpaired) electrons. The Morgan fingerprint density at radius 2 is 2.18 bits per heavy atom. The monoisotopic (exact) mass is 312 g/mol. The first kappa shape index (κ1) is 16.5. The molecule has 22 heavy (non-hydrogen) atoms. The number of hydrogen-bond donors (Lipinski definition) is 0. The second-order valence-electron chi connectivity index (χ2n) is 5.35. The minimum absolute atomic E-state index is 0.113. The lowest BCUT2D eigenvalue weighted by atomic mass is 9.86. The Labute approximate surface area is 128 Å². The molecule has 0 N–H and O–H groups in total. The molecule has 0 aromatic rings. The van der Waals surface area contributed by atoms with Crippen molar-refractivity contribution in [3.8, 4) is 0 Å². The molecular weight excluding hydrogens is 292 g/mol. The van der Waals surface area contributed by atoms with Gasteiger partial charge in [-0.1, -0.05) is 6.58 Å². The van der Waals surface area contributed by atoms with Crippen molar-refractivity contribution in [1.29, 1.82) is 0 Å². The van der Waals surface area contributed by atoms with E-state index in [1.54, 1.807) is 0 Å². The molecule has 1 heterocycles. The van der Waals surface area contributed by atoms with E-state index in [1.807, 2.05) is 0 Å². The molecule has 122 valence electrons. The zero-order valence-electron chi connectivity index (χ0n) is 12.5. The van der Waals surface area contributed by atoms with E-state index in [2.05, 4.69) is 6.58 Å². The molecule has 2 rings (SSSR count). The average molecular weight is 312 g/mol. The molecule has 0 aromatic heterocycles. The number of ether oxygens (including phenoxy) is 4. The van der Waals surface area contributed by atoms with Crippen LogP contribution in [0.15, 0.2) is 12.7 Å². The van der Waals surface area contributed by atoms with Crippen molar-refractivity contribution in [2.45, 2.75) is 44.0 Å². The van der Waals surface area contributed by atoms with Gasteiger partial charge in [0.2, 0.25) is 0 Å². The van der Waals surface area contributed by atoms with E-state index < -0.39 is 24.1 Å². The molecule has 4 unspecified atom stereocenters. The van der Waals surface area contributed by atoms with Crippen LogP contribution in [0, 0.1) is 5.92 Å². The maximum atomic E-state index is 11.9. The summed E-state index contributed by atoms with van der Waals surface area (Å²) in [5.41, 5.74) is 0. The van der Waals surface area contributed by atoms with Crippen molar-refractivity contribution < 1.29 is 33.3 Å². The molecule has 0 spiro atoms. The van der Waals surface area contributed by atoms with Crippen LogP contribution in [0.2, 0.25) is 0 Å². The normalized spacial score (nSPS) is 29.6. The highest BCUT2D eigenvalue weighted by molar-refractivity contribution is 5.81. The number of methoxy groups -OCH3 is 1. The summed E-state index contributed by atoms with van der Waals surface area (Å²) in [5.74, 6) is -1.36. The van der Waals surface area contributed by atoms with E-state index in [-0.39, 0.29) is 31.0 Å². The molecule has 1 aliphatic carbocycles. The van der Waals surface area contributed by atoms with Crippen LogP contribution in [0.5, 0.6) is 0 Å². The summed E-state index contributed by atoms with van der Waals surface area (Å²) in [4.78, 5) is 34.3. The van der Waals surface area contributed by atoms with Gasteiger partial charge in [0.1, 0.15) is 6.10 Å². The molecule has 1 saturated carbocycles. The van der Waals surface area contributed by atoms with E-state index in [4.69, 9.17) is 18.9 Å². The lowest BCUT2D eigenvalue weighted by Crippen LogP contribution is -2.45. The van der Waals surface area contributed by atoms with Gasteiger partial charge < -0.3 is 18.9 Å². The first-order valence-corrected chi connectivity index (χ1v) is 7.27. The molecule has 1 saturated heterocycles. The minimum Gasteiger partial charge on any atom is -0.463 e. The van der Waals surface area contributed by atoms with Crippen LogP contribution in [-0.4, -0.2) is 49.9 Å². The highest BCUT2D eigenvalue weighted by Gasteiger charge is 2.50. The first-order valence-electron chi connectivity index (χ1n) is 7.27. The molecule has 1 aliphatic heterocycles. The van der Waals surface area contributed by atoms with Crippen LogP contribution in [0.3, 0.4) is 0 Å². The van der Waals surface area contributed by atoms with Crippen molar-refractivity contribution >= 4 is 17.9 Å². The zero-order chi connectivity index (χ0) is 16.1. The predicted molar refractivity (Wildman–Crippen MR) is 73.7 cm³/mol. The van der Waals surface area contributed by atoms with Crippen molar-refractivity contribution in [2.24, 2.45) is 5.92 Å². The van der Waals surface area contributed by atoms with Gasteiger partial charge in [0, 0.05) is 26.0 Å². The molecule has 0 amide bonds. The van der Waals surface area contributed by atoms with Gasteiger partial charge in [0.15, 0.2) is 6.10 Å². The minimum atomic E-state index is -0.573. The maximum absolute atomic E-state index is 11.9. The Morgan fingerprint density at radius 3 is 2.86 bits per heavy atom. The standard InChI is InChI=1S/C15H20O7/c1-3-12(16)20-6-4-5-13(17)22-14-10(19-2)7-9-8-11(14)21-15(9)18/h3,9-11,14H,1,4-8H2,2H3. The van der Waals surface area contributed by atoms with Gasteiger partial charge in [-0.15, -0.1) is 0 Å². The van der Waals surface area contributed by atoms with Gasteiger partial charge in [0.05, 0.1) is 18.6 Å². The Bertz CT molecular complexity index is 459. The molecule has 7 heteroatoms. The van der Waals surface area contributed by atoms with Crippen LogP contribution in [-0.2, 0) is 33.3 Å². The number of fused-ring (bicyclic) bond motifs is 2. The predicted octanol–water partition coefficient (Wildman–Crippen LogP) is 0.758. The number of rotatable bonds is 7. The summed E-state index contributed by atoms with van der Waals surface area (Å²) >= 11 is 0. The lowest BCUT2D eigenvalue weighted by molar-refractivity contribution is -0.172. The fourth-order valence-corrected chi connectivity index (χ4v) is 2.76. The molecule has 7 nitrogen and oxygen atoms in total. The maximum Gasteiger partial charge on any atom is 0.330 e. The quantitative estimate of drug-likeness (QED) is 0.297.